The van der Waals surface area contributed by atoms with Crippen molar-refractivity contribution in [3.05, 3.63) is 29.3 Å². The van der Waals surface area contributed by atoms with Gasteiger partial charge in [0.25, 0.3) is 0 Å². The van der Waals surface area contributed by atoms with Gasteiger partial charge in [0.2, 0.25) is 21.8 Å². The molecule has 0 aliphatic carbocycles. The van der Waals surface area contributed by atoms with Gasteiger partial charge in [-0.15, -0.1) is 0 Å². The number of aryl methyl sites for hydroxylation is 2. The fraction of sp³-hybridized carbons (Fsp3) is 0.579. The highest BCUT2D eigenvalue weighted by molar-refractivity contribution is 7.89. The lowest BCUT2D eigenvalue weighted by atomic mass is 9.93. The molecule has 158 valence electrons. The van der Waals surface area contributed by atoms with E-state index in [1.807, 2.05) is 27.9 Å². The number of quaternary nitrogens is 1. The first-order valence-electron chi connectivity index (χ1n) is 9.22. The molecule has 4 N–H and O–H groups in total. The van der Waals surface area contributed by atoms with Crippen LogP contribution in [0.3, 0.4) is 0 Å². The maximum Gasteiger partial charge on any atom is 0.241 e. The summed E-state index contributed by atoms with van der Waals surface area (Å²) in [6, 6.07) is 4.76. The van der Waals surface area contributed by atoms with Gasteiger partial charge in [-0.2, -0.15) is 0 Å². The van der Waals surface area contributed by atoms with Gasteiger partial charge in [-0.05, 0) is 37.1 Å². The third kappa shape index (κ3) is 8.37. The predicted octanol–water partition coefficient (Wildman–Crippen LogP) is -1.02. The van der Waals surface area contributed by atoms with E-state index >= 15 is 0 Å². The van der Waals surface area contributed by atoms with Crippen LogP contribution in [0.25, 0.3) is 0 Å². The summed E-state index contributed by atoms with van der Waals surface area (Å²) in [7, 11) is 0.301. The van der Waals surface area contributed by atoms with Gasteiger partial charge in [-0.25, -0.2) is 13.1 Å². The van der Waals surface area contributed by atoms with Crippen LogP contribution in [0.2, 0.25) is 0 Å². The average molecular weight is 414 g/mol. The lowest BCUT2D eigenvalue weighted by Crippen LogP contribution is -3.07. The van der Waals surface area contributed by atoms with Crippen LogP contribution in [0, 0.1) is 19.3 Å². The molecule has 1 rings (SSSR count). The first-order valence-corrected chi connectivity index (χ1v) is 10.7. The Morgan fingerprint density at radius 3 is 2.18 bits per heavy atom. The zero-order valence-electron chi connectivity index (χ0n) is 17.6. The van der Waals surface area contributed by atoms with Gasteiger partial charge in [0.05, 0.1) is 38.6 Å². The smallest absolute Gasteiger partial charge is 0.241 e. The molecule has 0 radical (unpaired) electrons. The molecular weight excluding hydrogens is 380 g/mol. The Morgan fingerprint density at radius 1 is 1.00 bits per heavy atom. The summed E-state index contributed by atoms with van der Waals surface area (Å²) < 4.78 is 26.8. The van der Waals surface area contributed by atoms with E-state index in [4.69, 9.17) is 0 Å². The number of carbonyl (C=O) groups excluding carboxylic acids is 2. The normalized spacial score (nSPS) is 12.1. The van der Waals surface area contributed by atoms with Crippen LogP contribution >= 0.6 is 0 Å². The van der Waals surface area contributed by atoms with Gasteiger partial charge in [-0.1, -0.05) is 19.9 Å². The zero-order chi connectivity index (χ0) is 21.5. The van der Waals surface area contributed by atoms with Gasteiger partial charge in [0, 0.05) is 12.0 Å². The lowest BCUT2D eigenvalue weighted by molar-refractivity contribution is -0.865. The first-order chi connectivity index (χ1) is 12.8. The highest BCUT2D eigenvalue weighted by Gasteiger charge is 2.22. The molecule has 0 aliphatic heterocycles. The minimum absolute atomic E-state index is 0.0691. The van der Waals surface area contributed by atoms with Crippen molar-refractivity contribution in [3.8, 4) is 0 Å². The van der Waals surface area contributed by atoms with Crippen molar-refractivity contribution in [2.24, 2.45) is 5.41 Å². The molecule has 0 aliphatic rings. The monoisotopic (exact) mass is 413 g/mol. The van der Waals surface area contributed by atoms with E-state index in [9.17, 15) is 18.0 Å². The highest BCUT2D eigenvalue weighted by atomic mass is 32.2. The summed E-state index contributed by atoms with van der Waals surface area (Å²) in [4.78, 5) is 25.2. The van der Waals surface area contributed by atoms with Crippen LogP contribution in [-0.4, -0.2) is 60.5 Å². The van der Waals surface area contributed by atoms with Gasteiger partial charge in [0.15, 0.2) is 0 Å². The fourth-order valence-electron chi connectivity index (χ4n) is 2.79. The SMILES string of the molecule is Cc1ccc(S(=O)(=O)NCC(=O)NCC(=O)NCC(C)(C)C[NH+](C)C)cc1C. The standard InChI is InChI=1S/C19H32N4O4S/c1-14-7-8-16(9-15(14)2)28(26,27)22-11-18(25)20-10-17(24)21-12-19(3,4)13-23(5)6/h7-9,22H,10-13H2,1-6H3,(H,20,25)(H,21,24)/p+1. The summed E-state index contributed by atoms with van der Waals surface area (Å²) >= 11 is 0. The van der Waals surface area contributed by atoms with Crippen LogP contribution in [0.1, 0.15) is 25.0 Å². The molecule has 0 heterocycles. The molecule has 0 unspecified atom stereocenters. The molecule has 1 aromatic rings. The maximum atomic E-state index is 12.3. The minimum Gasteiger partial charge on any atom is -0.354 e. The molecule has 2 amide bonds. The average Bonchev–Trinajstić information content (AvgIpc) is 2.57. The number of hydrogen-bond donors (Lipinski definition) is 4. The first kappa shape index (κ1) is 24.1. The van der Waals surface area contributed by atoms with Gasteiger partial charge < -0.3 is 15.5 Å². The van der Waals surface area contributed by atoms with Crippen LogP contribution in [-0.2, 0) is 19.6 Å². The minimum atomic E-state index is -3.79. The number of benzene rings is 1. The van der Waals surface area contributed by atoms with Crippen molar-refractivity contribution in [2.45, 2.75) is 32.6 Å². The Bertz CT molecular complexity index is 804. The number of nitrogens with one attached hydrogen (secondary N) is 4. The fourth-order valence-corrected chi connectivity index (χ4v) is 3.85. The van der Waals surface area contributed by atoms with Crippen molar-refractivity contribution in [1.29, 1.82) is 0 Å². The molecule has 0 saturated heterocycles. The van der Waals surface area contributed by atoms with Crippen molar-refractivity contribution in [3.63, 3.8) is 0 Å². The maximum absolute atomic E-state index is 12.3. The van der Waals surface area contributed by atoms with E-state index in [-0.39, 0.29) is 22.8 Å². The van der Waals surface area contributed by atoms with Crippen LogP contribution in [0.15, 0.2) is 23.1 Å². The van der Waals surface area contributed by atoms with E-state index in [0.717, 1.165) is 17.7 Å². The van der Waals surface area contributed by atoms with Crippen LogP contribution in [0.4, 0.5) is 0 Å². The molecular formula is C19H33N4O4S+. The quantitative estimate of drug-likeness (QED) is 0.394. The van der Waals surface area contributed by atoms with E-state index in [2.05, 4.69) is 29.2 Å². The van der Waals surface area contributed by atoms with Crippen molar-refractivity contribution in [1.82, 2.24) is 15.4 Å². The molecule has 0 fully saturated rings. The number of carbonyl (C=O) groups is 2. The number of rotatable bonds is 10. The van der Waals surface area contributed by atoms with Crippen molar-refractivity contribution >= 4 is 21.8 Å². The molecule has 8 nitrogen and oxygen atoms in total. The molecule has 28 heavy (non-hydrogen) atoms. The molecule has 1 aromatic carbocycles. The molecule has 0 atom stereocenters. The van der Waals surface area contributed by atoms with E-state index in [0.29, 0.717) is 6.54 Å². The molecule has 0 spiro atoms. The predicted molar refractivity (Wildman–Crippen MR) is 109 cm³/mol. The zero-order valence-corrected chi connectivity index (χ0v) is 18.4. The van der Waals surface area contributed by atoms with Crippen molar-refractivity contribution < 1.29 is 22.9 Å². The third-order valence-corrected chi connectivity index (χ3v) is 5.65. The number of hydrogen-bond acceptors (Lipinski definition) is 4. The Labute approximate surface area is 168 Å². The number of amides is 2. The van der Waals surface area contributed by atoms with E-state index in [1.54, 1.807) is 12.1 Å². The second-order valence-corrected chi connectivity index (χ2v) is 9.94. The Morgan fingerprint density at radius 2 is 1.61 bits per heavy atom. The molecule has 0 aromatic heterocycles. The summed E-state index contributed by atoms with van der Waals surface area (Å²) in [5, 5.41) is 5.21. The van der Waals surface area contributed by atoms with E-state index < -0.39 is 22.5 Å². The third-order valence-electron chi connectivity index (χ3n) is 4.25. The van der Waals surface area contributed by atoms with Gasteiger partial charge in [0.1, 0.15) is 0 Å². The van der Waals surface area contributed by atoms with E-state index in [1.165, 1.54) is 11.0 Å². The summed E-state index contributed by atoms with van der Waals surface area (Å²) in [5.74, 6) is -0.883. The van der Waals surface area contributed by atoms with Crippen LogP contribution in [0.5, 0.6) is 0 Å². The molecule has 9 heteroatoms. The summed E-state index contributed by atoms with van der Waals surface area (Å²) in [6.07, 6.45) is 0. The highest BCUT2D eigenvalue weighted by Crippen LogP contribution is 2.14. The van der Waals surface area contributed by atoms with Crippen LogP contribution < -0.4 is 20.3 Å². The topological polar surface area (TPSA) is 109 Å². The second-order valence-electron chi connectivity index (χ2n) is 8.17. The van der Waals surface area contributed by atoms with Gasteiger partial charge in [-0.3, -0.25) is 9.59 Å². The lowest BCUT2D eigenvalue weighted by Gasteiger charge is -2.26. The Hall–Kier alpha value is -1.97. The Balaban J connectivity index is 2.44. The van der Waals surface area contributed by atoms with Crippen molar-refractivity contribution in [2.75, 3.05) is 40.3 Å². The summed E-state index contributed by atoms with van der Waals surface area (Å²) in [5.41, 5.74) is 1.76. The molecule has 0 bridgehead atoms. The van der Waals surface area contributed by atoms with Gasteiger partial charge >= 0.3 is 0 Å². The number of sulfonamides is 1. The Kier molecular flexibility index (Phi) is 8.59. The largest absolute Gasteiger partial charge is 0.354 e. The second kappa shape index (κ2) is 9.99. The summed E-state index contributed by atoms with van der Waals surface area (Å²) in [6.45, 7) is 8.57. The molecule has 0 saturated carbocycles.